The van der Waals surface area contributed by atoms with Crippen LogP contribution in [-0.4, -0.2) is 23.4 Å². The quantitative estimate of drug-likeness (QED) is 0.765. The van der Waals surface area contributed by atoms with Gasteiger partial charge >= 0.3 is 0 Å². The van der Waals surface area contributed by atoms with Crippen LogP contribution in [0.5, 0.6) is 5.75 Å². The van der Waals surface area contributed by atoms with E-state index in [4.69, 9.17) is 9.84 Å². The van der Waals surface area contributed by atoms with Crippen LogP contribution < -0.4 is 0 Å². The second kappa shape index (κ2) is 6.76. The summed E-state index contributed by atoms with van der Waals surface area (Å²) in [6.07, 6.45) is 1.60. The van der Waals surface area contributed by atoms with Gasteiger partial charge in [0, 0.05) is 18.8 Å². The molecule has 0 aromatic heterocycles. The molecule has 0 aliphatic heterocycles. The van der Waals surface area contributed by atoms with Crippen molar-refractivity contribution < 1.29 is 14.9 Å². The minimum absolute atomic E-state index is 0.0724. The van der Waals surface area contributed by atoms with E-state index in [0.29, 0.717) is 19.0 Å². The van der Waals surface area contributed by atoms with Crippen molar-refractivity contribution in [1.29, 1.82) is 0 Å². The number of phenolic OH excluding ortho intramolecular Hbond substituents is 1. The lowest BCUT2D eigenvalue weighted by atomic mass is 9.85. The van der Waals surface area contributed by atoms with Gasteiger partial charge in [-0.2, -0.15) is 0 Å². The Morgan fingerprint density at radius 3 is 2.50 bits per heavy atom. The Morgan fingerprint density at radius 2 is 1.89 bits per heavy atom. The lowest BCUT2D eigenvalue weighted by Crippen LogP contribution is -2.12. The lowest BCUT2D eigenvalue weighted by molar-refractivity contribution is 0.111. The van der Waals surface area contributed by atoms with Crippen LogP contribution in [0.4, 0.5) is 0 Å². The van der Waals surface area contributed by atoms with Crippen molar-refractivity contribution in [3.8, 4) is 5.75 Å². The van der Waals surface area contributed by atoms with Gasteiger partial charge in [0.2, 0.25) is 0 Å². The molecule has 1 rings (SSSR count). The molecule has 0 saturated carbocycles. The Kier molecular flexibility index (Phi) is 5.63. The van der Waals surface area contributed by atoms with Crippen LogP contribution in [0.1, 0.15) is 44.7 Å². The smallest absolute Gasteiger partial charge is 0.124 e. The fraction of sp³-hybridized carbons (Fsp3) is 0.600. The van der Waals surface area contributed by atoms with E-state index in [-0.39, 0.29) is 12.0 Å². The maximum absolute atomic E-state index is 10.2. The first-order valence-electron chi connectivity index (χ1n) is 6.46. The number of para-hydroxylation sites is 1. The Morgan fingerprint density at radius 1 is 1.17 bits per heavy atom. The van der Waals surface area contributed by atoms with Crippen LogP contribution in [-0.2, 0) is 16.8 Å². The van der Waals surface area contributed by atoms with Crippen molar-refractivity contribution >= 4 is 0 Å². The molecule has 0 heterocycles. The molecule has 3 heteroatoms. The van der Waals surface area contributed by atoms with Gasteiger partial charge in [-0.15, -0.1) is 0 Å². The molecule has 2 N–H and O–H groups in total. The fourth-order valence-corrected chi connectivity index (χ4v) is 1.81. The van der Waals surface area contributed by atoms with Crippen LogP contribution in [0.25, 0.3) is 0 Å². The predicted molar refractivity (Wildman–Crippen MR) is 72.8 cm³/mol. The average Bonchev–Trinajstić information content (AvgIpc) is 2.29. The summed E-state index contributed by atoms with van der Waals surface area (Å²) in [5.41, 5.74) is 1.70. The van der Waals surface area contributed by atoms with E-state index in [1.807, 2.05) is 18.2 Å². The van der Waals surface area contributed by atoms with E-state index < -0.39 is 0 Å². The summed E-state index contributed by atoms with van der Waals surface area (Å²) in [6.45, 7) is 7.46. The number of aliphatic hydroxyl groups excluding tert-OH is 1. The van der Waals surface area contributed by atoms with Crippen LogP contribution >= 0.6 is 0 Å². The van der Waals surface area contributed by atoms with E-state index in [0.717, 1.165) is 24.0 Å². The number of unbranched alkanes of at least 4 members (excludes halogenated alkanes) is 1. The highest BCUT2D eigenvalue weighted by molar-refractivity contribution is 5.43. The lowest BCUT2D eigenvalue weighted by Gasteiger charge is -2.21. The molecule has 0 atom stereocenters. The summed E-state index contributed by atoms with van der Waals surface area (Å²) in [5, 5.41) is 18.9. The van der Waals surface area contributed by atoms with E-state index >= 15 is 0 Å². The van der Waals surface area contributed by atoms with Crippen LogP contribution in [0.15, 0.2) is 18.2 Å². The number of hydrogen-bond donors (Lipinski definition) is 2. The normalized spacial score (nSPS) is 11.8. The third kappa shape index (κ3) is 4.31. The first kappa shape index (κ1) is 15.0. The van der Waals surface area contributed by atoms with Crippen molar-refractivity contribution in [3.63, 3.8) is 0 Å². The zero-order chi connectivity index (χ0) is 13.6. The molecule has 1 aromatic rings. The molecular weight excluding hydrogens is 228 g/mol. The van der Waals surface area contributed by atoms with E-state index in [1.165, 1.54) is 0 Å². The predicted octanol–water partition coefficient (Wildman–Crippen LogP) is 2.98. The molecule has 102 valence electrons. The number of benzene rings is 1. The topological polar surface area (TPSA) is 49.7 Å². The molecule has 0 aliphatic carbocycles. The molecule has 0 fully saturated rings. The van der Waals surface area contributed by atoms with Crippen LogP contribution in [0, 0.1) is 0 Å². The maximum atomic E-state index is 10.2. The van der Waals surface area contributed by atoms with Gasteiger partial charge in [-0.05, 0) is 23.8 Å². The third-order valence-electron chi connectivity index (χ3n) is 2.88. The molecule has 0 aliphatic rings. The molecule has 0 bridgehead atoms. The highest BCUT2D eigenvalue weighted by Crippen LogP contribution is 2.33. The van der Waals surface area contributed by atoms with Crippen molar-refractivity contribution in [1.82, 2.24) is 0 Å². The van der Waals surface area contributed by atoms with E-state index in [1.54, 1.807) is 0 Å². The number of hydrogen-bond acceptors (Lipinski definition) is 3. The number of rotatable bonds is 6. The molecule has 18 heavy (non-hydrogen) atoms. The molecule has 0 saturated heterocycles. The summed E-state index contributed by atoms with van der Waals surface area (Å²) >= 11 is 0. The summed E-state index contributed by atoms with van der Waals surface area (Å²) in [5.74, 6) is 0.340. The minimum Gasteiger partial charge on any atom is -0.507 e. The Bertz CT molecular complexity index is 366. The van der Waals surface area contributed by atoms with Gasteiger partial charge in [0.25, 0.3) is 0 Å². The summed E-state index contributed by atoms with van der Waals surface area (Å²) in [6, 6.07) is 5.79. The molecular formula is C15H24O3. The molecule has 1 aromatic carbocycles. The summed E-state index contributed by atoms with van der Waals surface area (Å²) < 4.78 is 5.50. The molecule has 3 nitrogen and oxygen atoms in total. The van der Waals surface area contributed by atoms with Gasteiger partial charge in [-0.25, -0.2) is 0 Å². The van der Waals surface area contributed by atoms with Crippen LogP contribution in [0.2, 0.25) is 0 Å². The fourth-order valence-electron chi connectivity index (χ4n) is 1.81. The minimum atomic E-state index is -0.0724. The summed E-state index contributed by atoms with van der Waals surface area (Å²) in [7, 11) is 0. The van der Waals surface area contributed by atoms with Gasteiger partial charge < -0.3 is 14.9 Å². The van der Waals surface area contributed by atoms with Crippen molar-refractivity contribution in [3.05, 3.63) is 29.3 Å². The molecule has 0 unspecified atom stereocenters. The van der Waals surface area contributed by atoms with Gasteiger partial charge in [0.15, 0.2) is 0 Å². The van der Waals surface area contributed by atoms with Gasteiger partial charge in [0.05, 0.1) is 6.61 Å². The average molecular weight is 252 g/mol. The highest BCUT2D eigenvalue weighted by Gasteiger charge is 2.19. The Balaban J connectivity index is 2.62. The van der Waals surface area contributed by atoms with E-state index in [9.17, 15) is 5.11 Å². The number of aliphatic hydroxyl groups is 1. The van der Waals surface area contributed by atoms with Crippen LogP contribution in [0.3, 0.4) is 0 Å². The first-order valence-corrected chi connectivity index (χ1v) is 6.46. The molecule has 0 radical (unpaired) electrons. The number of phenols is 1. The van der Waals surface area contributed by atoms with Crippen molar-refractivity contribution in [2.75, 3.05) is 13.2 Å². The van der Waals surface area contributed by atoms with E-state index in [2.05, 4.69) is 20.8 Å². The van der Waals surface area contributed by atoms with Gasteiger partial charge in [-0.3, -0.25) is 0 Å². The van der Waals surface area contributed by atoms with Gasteiger partial charge in [-0.1, -0.05) is 39.0 Å². The Hall–Kier alpha value is -1.06. The Labute approximate surface area is 109 Å². The molecule has 0 amide bonds. The van der Waals surface area contributed by atoms with Crippen molar-refractivity contribution in [2.45, 2.75) is 45.6 Å². The zero-order valence-corrected chi connectivity index (χ0v) is 11.6. The second-order valence-corrected chi connectivity index (χ2v) is 5.55. The third-order valence-corrected chi connectivity index (χ3v) is 2.88. The highest BCUT2D eigenvalue weighted by atomic mass is 16.5. The molecule has 0 spiro atoms. The summed E-state index contributed by atoms with van der Waals surface area (Å²) in [4.78, 5) is 0. The maximum Gasteiger partial charge on any atom is 0.124 e. The largest absolute Gasteiger partial charge is 0.507 e. The SMILES string of the molecule is CC(C)(C)c1cccc(COCCCCO)c1O. The standard InChI is InChI=1S/C15H24O3/c1-15(2,3)13-8-6-7-12(14(13)17)11-18-10-5-4-9-16/h6-8,16-17H,4-5,9-11H2,1-3H3. The van der Waals surface area contributed by atoms with Crippen molar-refractivity contribution in [2.24, 2.45) is 0 Å². The zero-order valence-electron chi connectivity index (χ0n) is 11.6. The monoisotopic (exact) mass is 252 g/mol. The number of aromatic hydroxyl groups is 1. The van der Waals surface area contributed by atoms with Gasteiger partial charge in [0.1, 0.15) is 5.75 Å². The first-order chi connectivity index (χ1) is 8.46. The second-order valence-electron chi connectivity index (χ2n) is 5.55. The number of ether oxygens (including phenoxy) is 1.